The van der Waals surface area contributed by atoms with Gasteiger partial charge in [-0.15, -0.1) is 10.2 Å². The van der Waals surface area contributed by atoms with Crippen LogP contribution >= 0.6 is 11.3 Å². The Kier molecular flexibility index (Phi) is 4.12. The lowest BCUT2D eigenvalue weighted by atomic mass is 9.90. The summed E-state index contributed by atoms with van der Waals surface area (Å²) >= 11 is 1.66. The maximum atomic E-state index is 5.21. The molecule has 3 aromatic heterocycles. The van der Waals surface area contributed by atoms with Gasteiger partial charge in [0.2, 0.25) is 10.8 Å². The van der Waals surface area contributed by atoms with Crippen LogP contribution in [0.5, 0.6) is 5.75 Å². The summed E-state index contributed by atoms with van der Waals surface area (Å²) in [6, 6.07) is 9.81. The lowest BCUT2D eigenvalue weighted by Crippen LogP contribution is -2.05. The summed E-state index contributed by atoms with van der Waals surface area (Å²) in [5.74, 6) is 2.09. The van der Waals surface area contributed by atoms with Gasteiger partial charge in [-0.2, -0.15) is 14.7 Å². The van der Waals surface area contributed by atoms with E-state index in [-0.39, 0.29) is 0 Å². The molecule has 27 heavy (non-hydrogen) atoms. The fourth-order valence-electron chi connectivity index (χ4n) is 3.66. The maximum absolute atomic E-state index is 5.21. The molecule has 1 aliphatic carbocycles. The van der Waals surface area contributed by atoms with Crippen LogP contribution in [0.3, 0.4) is 0 Å². The number of aromatic nitrogens is 6. The summed E-state index contributed by atoms with van der Waals surface area (Å²) in [6.45, 7) is 0. The summed E-state index contributed by atoms with van der Waals surface area (Å²) in [4.78, 5) is 0.839. The molecule has 4 aromatic rings. The average Bonchev–Trinajstić information content (AvgIpc) is 3.44. The zero-order valence-electron chi connectivity index (χ0n) is 15.1. The summed E-state index contributed by atoms with van der Waals surface area (Å²) in [7, 11) is 1.66. The highest BCUT2D eigenvalue weighted by Crippen LogP contribution is 2.35. The lowest BCUT2D eigenvalue weighted by Gasteiger charge is -2.18. The van der Waals surface area contributed by atoms with Crippen molar-refractivity contribution in [2.75, 3.05) is 7.11 Å². The van der Waals surface area contributed by atoms with Gasteiger partial charge in [-0.1, -0.05) is 30.6 Å². The van der Waals surface area contributed by atoms with Crippen LogP contribution in [0.15, 0.2) is 30.3 Å². The lowest BCUT2D eigenvalue weighted by molar-refractivity contribution is 0.415. The van der Waals surface area contributed by atoms with Crippen LogP contribution in [0, 0.1) is 0 Å². The third kappa shape index (κ3) is 2.99. The van der Waals surface area contributed by atoms with Crippen molar-refractivity contribution in [3.8, 4) is 28.5 Å². The van der Waals surface area contributed by atoms with E-state index < -0.39 is 0 Å². The highest BCUT2D eigenvalue weighted by molar-refractivity contribution is 7.16. The van der Waals surface area contributed by atoms with E-state index in [2.05, 4.69) is 20.4 Å². The van der Waals surface area contributed by atoms with Gasteiger partial charge in [0, 0.05) is 11.5 Å². The molecular formula is C19H20N6OS. The molecule has 0 amide bonds. The zero-order chi connectivity index (χ0) is 18.2. The first-order valence-electron chi connectivity index (χ1n) is 9.24. The molecule has 0 saturated heterocycles. The second-order valence-electron chi connectivity index (χ2n) is 6.89. The molecule has 138 valence electrons. The Labute approximate surface area is 160 Å². The second-order valence-corrected chi connectivity index (χ2v) is 7.88. The summed E-state index contributed by atoms with van der Waals surface area (Å²) in [6.07, 6.45) is 6.39. The SMILES string of the molecule is COc1ccc(-c2cc(-c3nnc4sc(C5CCCCC5)nn34)[nH]n2)cc1. The topological polar surface area (TPSA) is 81.0 Å². The Morgan fingerprint density at radius 2 is 1.93 bits per heavy atom. The number of hydrogen-bond donors (Lipinski definition) is 1. The summed E-state index contributed by atoms with van der Waals surface area (Å²) in [5.41, 5.74) is 2.68. The quantitative estimate of drug-likeness (QED) is 0.571. The number of methoxy groups -OCH3 is 1. The van der Waals surface area contributed by atoms with Crippen molar-refractivity contribution in [2.45, 2.75) is 38.0 Å². The number of rotatable bonds is 4. The maximum Gasteiger partial charge on any atom is 0.235 e. The molecule has 0 aliphatic heterocycles. The third-order valence-corrected chi connectivity index (χ3v) is 6.23. The number of ether oxygens (including phenoxy) is 1. The molecule has 0 atom stereocenters. The highest BCUT2D eigenvalue weighted by atomic mass is 32.1. The molecular weight excluding hydrogens is 360 g/mol. The smallest absolute Gasteiger partial charge is 0.235 e. The van der Waals surface area contributed by atoms with Crippen molar-refractivity contribution >= 4 is 16.3 Å². The Balaban J connectivity index is 1.46. The van der Waals surface area contributed by atoms with Gasteiger partial charge in [-0.3, -0.25) is 5.10 Å². The molecule has 8 heteroatoms. The van der Waals surface area contributed by atoms with Gasteiger partial charge in [0.05, 0.1) is 12.8 Å². The standard InChI is InChI=1S/C19H20N6OS/c1-26-14-9-7-12(8-10-14)15-11-16(21-20-15)17-22-23-19-25(17)24-18(27-19)13-5-3-2-4-6-13/h7-11,13H,2-6H2,1H3,(H,20,21). The number of nitrogens with one attached hydrogen (secondary N) is 1. The first-order chi connectivity index (χ1) is 13.3. The number of nitrogens with zero attached hydrogens (tertiary/aromatic N) is 5. The van der Waals surface area contributed by atoms with E-state index in [4.69, 9.17) is 9.84 Å². The van der Waals surface area contributed by atoms with E-state index in [1.807, 2.05) is 34.8 Å². The Morgan fingerprint density at radius 1 is 1.11 bits per heavy atom. The van der Waals surface area contributed by atoms with Gasteiger partial charge in [0.25, 0.3) is 0 Å². The van der Waals surface area contributed by atoms with Crippen LogP contribution in [-0.4, -0.2) is 37.1 Å². The van der Waals surface area contributed by atoms with Gasteiger partial charge < -0.3 is 4.74 Å². The van der Waals surface area contributed by atoms with Crippen molar-refractivity contribution in [3.63, 3.8) is 0 Å². The van der Waals surface area contributed by atoms with Crippen molar-refractivity contribution in [1.29, 1.82) is 0 Å². The minimum atomic E-state index is 0.565. The van der Waals surface area contributed by atoms with Crippen LogP contribution in [-0.2, 0) is 0 Å². The van der Waals surface area contributed by atoms with Crippen molar-refractivity contribution in [3.05, 3.63) is 35.3 Å². The highest BCUT2D eigenvalue weighted by Gasteiger charge is 2.22. The molecule has 0 radical (unpaired) electrons. The van der Waals surface area contributed by atoms with Gasteiger partial charge >= 0.3 is 0 Å². The molecule has 0 unspecified atom stereocenters. The molecule has 3 heterocycles. The molecule has 1 fully saturated rings. The second kappa shape index (κ2) is 6.77. The van der Waals surface area contributed by atoms with Crippen molar-refractivity contribution in [2.24, 2.45) is 0 Å². The summed E-state index contributed by atoms with van der Waals surface area (Å²) in [5, 5.41) is 22.1. The van der Waals surface area contributed by atoms with Crippen LogP contribution in [0.25, 0.3) is 27.7 Å². The van der Waals surface area contributed by atoms with Crippen LogP contribution in [0.4, 0.5) is 0 Å². The Morgan fingerprint density at radius 3 is 2.70 bits per heavy atom. The molecule has 0 bridgehead atoms. The number of aromatic amines is 1. The Bertz CT molecular complexity index is 1060. The largest absolute Gasteiger partial charge is 0.497 e. The summed E-state index contributed by atoms with van der Waals surface area (Å²) < 4.78 is 7.06. The van der Waals surface area contributed by atoms with E-state index in [1.165, 1.54) is 37.1 Å². The predicted octanol–water partition coefficient (Wildman–Crippen LogP) is 4.30. The van der Waals surface area contributed by atoms with Crippen LogP contribution in [0.2, 0.25) is 0 Å². The first-order valence-corrected chi connectivity index (χ1v) is 10.1. The van der Waals surface area contributed by atoms with Crippen LogP contribution < -0.4 is 4.74 Å². The molecule has 7 nitrogen and oxygen atoms in total. The number of hydrogen-bond acceptors (Lipinski definition) is 6. The van der Waals surface area contributed by atoms with E-state index in [0.717, 1.165) is 27.7 Å². The Hall–Kier alpha value is -2.74. The molecule has 1 saturated carbocycles. The predicted molar refractivity (Wildman–Crippen MR) is 104 cm³/mol. The molecule has 5 rings (SSSR count). The van der Waals surface area contributed by atoms with Gasteiger partial charge in [0.1, 0.15) is 16.5 Å². The van der Waals surface area contributed by atoms with Gasteiger partial charge in [0.15, 0.2) is 0 Å². The van der Waals surface area contributed by atoms with E-state index in [9.17, 15) is 0 Å². The first kappa shape index (κ1) is 16.4. The molecule has 1 aliphatic rings. The van der Waals surface area contributed by atoms with Crippen molar-refractivity contribution < 1.29 is 4.74 Å². The normalized spacial score (nSPS) is 15.4. The average molecular weight is 380 g/mol. The zero-order valence-corrected chi connectivity index (χ0v) is 15.9. The van der Waals surface area contributed by atoms with Crippen molar-refractivity contribution in [1.82, 2.24) is 30.0 Å². The van der Waals surface area contributed by atoms with E-state index in [1.54, 1.807) is 18.4 Å². The number of fused-ring (bicyclic) bond motifs is 1. The monoisotopic (exact) mass is 380 g/mol. The third-order valence-electron chi connectivity index (χ3n) is 5.17. The molecule has 1 aromatic carbocycles. The number of H-pyrrole nitrogens is 1. The fraction of sp³-hybridized carbons (Fsp3) is 0.368. The van der Waals surface area contributed by atoms with Gasteiger partial charge in [-0.25, -0.2) is 0 Å². The van der Waals surface area contributed by atoms with E-state index in [0.29, 0.717) is 11.7 Å². The van der Waals surface area contributed by atoms with Gasteiger partial charge in [-0.05, 0) is 43.2 Å². The van der Waals surface area contributed by atoms with E-state index >= 15 is 0 Å². The number of benzene rings is 1. The molecule has 1 N–H and O–H groups in total. The fourth-order valence-corrected chi connectivity index (χ4v) is 4.67. The minimum Gasteiger partial charge on any atom is -0.497 e. The molecule has 0 spiro atoms. The van der Waals surface area contributed by atoms with Crippen LogP contribution in [0.1, 0.15) is 43.0 Å². The minimum absolute atomic E-state index is 0.565.